The molecule has 0 spiro atoms. The van der Waals surface area contributed by atoms with Crippen molar-refractivity contribution in [1.29, 1.82) is 0 Å². The zero-order valence-electron chi connectivity index (χ0n) is 16.3. The first-order valence-corrected chi connectivity index (χ1v) is 9.94. The number of benzene rings is 1. The van der Waals surface area contributed by atoms with Crippen LogP contribution in [-0.4, -0.2) is 54.5 Å². The molecule has 2 fully saturated rings. The molecule has 2 saturated heterocycles. The number of piperidine rings is 2. The molecule has 3 rings (SSSR count). The first kappa shape index (κ1) is 20.1. The predicted octanol–water partition coefficient (Wildman–Crippen LogP) is 3.00. The highest BCUT2D eigenvalue weighted by atomic mass is 16.6. The number of carbonyl (C=O) groups excluding carboxylic acids is 2. The largest absolute Gasteiger partial charge is 0.452 e. The second-order valence-electron chi connectivity index (χ2n) is 7.67. The number of anilines is 1. The Morgan fingerprint density at radius 2 is 1.93 bits per heavy atom. The van der Waals surface area contributed by atoms with Crippen molar-refractivity contribution in [3.63, 3.8) is 0 Å². The molecule has 1 aromatic rings. The summed E-state index contributed by atoms with van der Waals surface area (Å²) >= 11 is 0. The highest BCUT2D eigenvalue weighted by Crippen LogP contribution is 2.28. The Morgan fingerprint density at radius 3 is 2.61 bits per heavy atom. The lowest BCUT2D eigenvalue weighted by Crippen LogP contribution is -2.41. The lowest BCUT2D eigenvalue weighted by Gasteiger charge is -2.31. The smallest absolute Gasteiger partial charge is 0.341 e. The minimum Gasteiger partial charge on any atom is -0.452 e. The summed E-state index contributed by atoms with van der Waals surface area (Å²) in [6, 6.07) is 4.26. The van der Waals surface area contributed by atoms with Crippen LogP contribution in [0.4, 0.5) is 11.4 Å². The minimum atomic E-state index is -0.692. The van der Waals surface area contributed by atoms with Gasteiger partial charge in [0, 0.05) is 38.3 Å². The van der Waals surface area contributed by atoms with Crippen LogP contribution in [0.1, 0.15) is 49.4 Å². The normalized spacial score (nSPS) is 20.0. The molecule has 8 nitrogen and oxygen atoms in total. The van der Waals surface area contributed by atoms with E-state index in [-0.39, 0.29) is 23.8 Å². The third kappa shape index (κ3) is 4.79. The quantitative estimate of drug-likeness (QED) is 0.437. The lowest BCUT2D eigenvalue weighted by molar-refractivity contribution is -0.384. The molecule has 8 heteroatoms. The molecule has 0 bridgehead atoms. The van der Waals surface area contributed by atoms with Crippen molar-refractivity contribution in [3.05, 3.63) is 33.9 Å². The number of carbonyl (C=O) groups is 2. The zero-order valence-corrected chi connectivity index (χ0v) is 16.3. The van der Waals surface area contributed by atoms with Crippen molar-refractivity contribution in [1.82, 2.24) is 4.90 Å². The molecule has 0 aliphatic carbocycles. The minimum absolute atomic E-state index is 0.149. The maximum absolute atomic E-state index is 12.7. The van der Waals surface area contributed by atoms with E-state index in [4.69, 9.17) is 4.74 Å². The molecule has 1 aromatic carbocycles. The Balaban J connectivity index is 1.72. The molecule has 0 radical (unpaired) electrons. The van der Waals surface area contributed by atoms with Crippen LogP contribution in [0.15, 0.2) is 18.2 Å². The van der Waals surface area contributed by atoms with Crippen molar-refractivity contribution >= 4 is 23.3 Å². The fourth-order valence-corrected chi connectivity index (χ4v) is 3.92. The van der Waals surface area contributed by atoms with Gasteiger partial charge in [-0.05, 0) is 44.1 Å². The van der Waals surface area contributed by atoms with Crippen LogP contribution < -0.4 is 4.90 Å². The van der Waals surface area contributed by atoms with Crippen LogP contribution in [0.2, 0.25) is 0 Å². The average molecular weight is 389 g/mol. The average Bonchev–Trinajstić information content (AvgIpc) is 2.72. The maximum Gasteiger partial charge on any atom is 0.341 e. The van der Waals surface area contributed by atoms with Crippen molar-refractivity contribution in [2.75, 3.05) is 37.7 Å². The number of esters is 1. The second-order valence-corrected chi connectivity index (χ2v) is 7.67. The summed E-state index contributed by atoms with van der Waals surface area (Å²) < 4.78 is 5.27. The van der Waals surface area contributed by atoms with E-state index >= 15 is 0 Å². The van der Waals surface area contributed by atoms with E-state index in [1.807, 2.05) is 0 Å². The molecule has 0 unspecified atom stereocenters. The van der Waals surface area contributed by atoms with Gasteiger partial charge >= 0.3 is 5.97 Å². The van der Waals surface area contributed by atoms with Crippen LogP contribution in [-0.2, 0) is 9.53 Å². The summed E-state index contributed by atoms with van der Waals surface area (Å²) in [5, 5.41) is 11.1. The fourth-order valence-electron chi connectivity index (χ4n) is 3.92. The van der Waals surface area contributed by atoms with E-state index in [2.05, 4.69) is 11.8 Å². The number of nitro groups is 1. The molecular weight excluding hydrogens is 362 g/mol. The summed E-state index contributed by atoms with van der Waals surface area (Å²) in [5.41, 5.74) is 0.620. The number of nitro benzene ring substituents is 1. The van der Waals surface area contributed by atoms with Crippen LogP contribution in [0.5, 0.6) is 0 Å². The van der Waals surface area contributed by atoms with Gasteiger partial charge in [-0.25, -0.2) is 4.79 Å². The Kier molecular flexibility index (Phi) is 6.49. The zero-order chi connectivity index (χ0) is 20.1. The van der Waals surface area contributed by atoms with E-state index in [9.17, 15) is 19.7 Å². The van der Waals surface area contributed by atoms with Gasteiger partial charge in [-0.2, -0.15) is 0 Å². The molecule has 28 heavy (non-hydrogen) atoms. The van der Waals surface area contributed by atoms with Crippen LogP contribution in [0.25, 0.3) is 0 Å². The molecule has 2 aliphatic rings. The van der Waals surface area contributed by atoms with E-state index < -0.39 is 10.9 Å². The summed E-state index contributed by atoms with van der Waals surface area (Å²) in [6.45, 7) is 4.70. The number of hydrogen-bond donors (Lipinski definition) is 0. The molecule has 2 aliphatic heterocycles. The van der Waals surface area contributed by atoms with Crippen LogP contribution in [0.3, 0.4) is 0 Å². The Labute approximate surface area is 164 Å². The number of rotatable bonds is 5. The molecule has 0 aromatic heterocycles. The van der Waals surface area contributed by atoms with Gasteiger partial charge in [0.2, 0.25) is 0 Å². The summed E-state index contributed by atoms with van der Waals surface area (Å²) in [5.74, 6) is -0.469. The van der Waals surface area contributed by atoms with Gasteiger partial charge in [-0.3, -0.25) is 14.9 Å². The number of ether oxygens (including phenoxy) is 1. The van der Waals surface area contributed by atoms with Crippen molar-refractivity contribution in [3.8, 4) is 0 Å². The number of non-ortho nitro benzene ring substituents is 1. The first-order valence-electron chi connectivity index (χ1n) is 9.94. The highest BCUT2D eigenvalue weighted by molar-refractivity contribution is 5.97. The Morgan fingerprint density at radius 1 is 1.18 bits per heavy atom. The third-order valence-electron chi connectivity index (χ3n) is 5.44. The number of likely N-dealkylation sites (tertiary alicyclic amines) is 1. The Hall–Kier alpha value is -2.64. The maximum atomic E-state index is 12.7. The first-order chi connectivity index (χ1) is 13.5. The molecule has 1 amide bonds. The standard InChI is InChI=1S/C20H27N3O5/c1-15-6-5-11-22(13-15)19(24)14-28-20(25)17-12-16(23(26)27)7-8-18(17)21-9-3-2-4-10-21/h7-8,12,15H,2-6,9-11,13-14H2,1H3/t15-/m0/s1. The number of amides is 1. The van der Waals surface area contributed by atoms with E-state index in [1.165, 1.54) is 12.1 Å². The molecule has 2 heterocycles. The monoisotopic (exact) mass is 389 g/mol. The lowest BCUT2D eigenvalue weighted by atomic mass is 10.0. The van der Waals surface area contributed by atoms with Gasteiger partial charge in [0.05, 0.1) is 16.2 Å². The van der Waals surface area contributed by atoms with Crippen molar-refractivity contribution in [2.24, 2.45) is 5.92 Å². The topological polar surface area (TPSA) is 93.0 Å². The van der Waals surface area contributed by atoms with Crippen LogP contribution >= 0.6 is 0 Å². The highest BCUT2D eigenvalue weighted by Gasteiger charge is 2.25. The van der Waals surface area contributed by atoms with E-state index in [1.54, 1.807) is 11.0 Å². The van der Waals surface area contributed by atoms with Gasteiger partial charge in [0.25, 0.3) is 11.6 Å². The van der Waals surface area contributed by atoms with Crippen molar-refractivity contribution in [2.45, 2.75) is 39.0 Å². The molecule has 0 saturated carbocycles. The Bertz CT molecular complexity index is 745. The summed E-state index contributed by atoms with van der Waals surface area (Å²) in [4.78, 5) is 39.5. The molecule has 0 N–H and O–H groups in total. The van der Waals surface area contributed by atoms with Gasteiger partial charge in [-0.1, -0.05) is 6.92 Å². The van der Waals surface area contributed by atoms with Gasteiger partial charge in [0.1, 0.15) is 0 Å². The molecule has 1 atom stereocenters. The molecular formula is C20H27N3O5. The van der Waals surface area contributed by atoms with Gasteiger partial charge in [-0.15, -0.1) is 0 Å². The molecule has 152 valence electrons. The number of hydrogen-bond acceptors (Lipinski definition) is 6. The number of nitrogens with zero attached hydrogens (tertiary/aromatic N) is 3. The van der Waals surface area contributed by atoms with Crippen molar-refractivity contribution < 1.29 is 19.2 Å². The predicted molar refractivity (Wildman–Crippen MR) is 104 cm³/mol. The van der Waals surface area contributed by atoms with E-state index in [0.717, 1.165) is 45.2 Å². The SMILES string of the molecule is C[C@H]1CCCN(C(=O)COC(=O)c2cc([N+](=O)[O-])ccc2N2CCCCC2)C1. The summed E-state index contributed by atoms with van der Waals surface area (Å²) in [7, 11) is 0. The second kappa shape index (κ2) is 9.03. The summed E-state index contributed by atoms with van der Waals surface area (Å²) in [6.07, 6.45) is 5.20. The van der Waals surface area contributed by atoms with Crippen LogP contribution in [0, 0.1) is 16.0 Å². The third-order valence-corrected chi connectivity index (χ3v) is 5.44. The van der Waals surface area contributed by atoms with E-state index in [0.29, 0.717) is 24.7 Å². The van der Waals surface area contributed by atoms with Gasteiger partial charge in [0.15, 0.2) is 6.61 Å². The fraction of sp³-hybridized carbons (Fsp3) is 0.600. The van der Waals surface area contributed by atoms with Gasteiger partial charge < -0.3 is 14.5 Å².